The van der Waals surface area contributed by atoms with Crippen molar-refractivity contribution in [1.82, 2.24) is 10.2 Å². The van der Waals surface area contributed by atoms with Gasteiger partial charge in [-0.1, -0.05) is 0 Å². The van der Waals surface area contributed by atoms with Crippen LogP contribution in [0.2, 0.25) is 0 Å². The molecule has 1 unspecified atom stereocenters. The number of likely N-dealkylation sites (N-methyl/N-ethyl adjacent to an activating group) is 1. The van der Waals surface area contributed by atoms with Gasteiger partial charge in [-0.05, 0) is 33.1 Å². The maximum absolute atomic E-state index is 11.9. The van der Waals surface area contributed by atoms with Gasteiger partial charge in [-0.25, -0.2) is 0 Å². The van der Waals surface area contributed by atoms with E-state index in [1.165, 1.54) is 18.7 Å². The van der Waals surface area contributed by atoms with Gasteiger partial charge in [-0.2, -0.15) is 0 Å². The molecule has 1 heterocycles. The van der Waals surface area contributed by atoms with Gasteiger partial charge in [0.1, 0.15) is 11.6 Å². The zero-order chi connectivity index (χ0) is 12.3. The summed E-state index contributed by atoms with van der Waals surface area (Å²) in [4.78, 5) is 25.1. The maximum atomic E-state index is 11.9. The lowest BCUT2D eigenvalue weighted by molar-refractivity contribution is -0.155. The van der Waals surface area contributed by atoms with Crippen LogP contribution >= 0.6 is 0 Å². The first-order chi connectivity index (χ1) is 7.38. The van der Waals surface area contributed by atoms with Crippen LogP contribution in [-0.2, 0) is 9.59 Å². The van der Waals surface area contributed by atoms with E-state index in [1.807, 2.05) is 0 Å². The van der Waals surface area contributed by atoms with Crippen LogP contribution < -0.4 is 5.32 Å². The average Bonchev–Trinajstić information content (AvgIpc) is 2.25. The van der Waals surface area contributed by atoms with E-state index < -0.39 is 11.6 Å². The van der Waals surface area contributed by atoms with Gasteiger partial charge in [0.15, 0.2) is 0 Å². The summed E-state index contributed by atoms with van der Waals surface area (Å²) in [6, 6.07) is -0.433. The number of rotatable bonds is 2. The molecule has 5 heteroatoms. The number of likely N-dealkylation sites (tertiary alicyclic amines) is 1. The van der Waals surface area contributed by atoms with Crippen LogP contribution in [0.15, 0.2) is 0 Å². The number of carbonyl (C=O) groups excluding carboxylic acids is 2. The van der Waals surface area contributed by atoms with Crippen molar-refractivity contribution in [3.05, 3.63) is 0 Å². The lowest BCUT2D eigenvalue weighted by Crippen LogP contribution is -2.56. The Morgan fingerprint density at radius 3 is 2.50 bits per heavy atom. The van der Waals surface area contributed by atoms with E-state index in [4.69, 9.17) is 0 Å². The monoisotopic (exact) mass is 228 g/mol. The van der Waals surface area contributed by atoms with Crippen molar-refractivity contribution in [2.75, 3.05) is 13.6 Å². The third-order valence-corrected chi connectivity index (χ3v) is 2.84. The highest BCUT2D eigenvalue weighted by molar-refractivity contribution is 5.91. The minimum absolute atomic E-state index is 0.155. The smallest absolute Gasteiger partial charge is 0.254 e. The molecule has 0 aromatic carbocycles. The van der Waals surface area contributed by atoms with Gasteiger partial charge in [0, 0.05) is 13.6 Å². The van der Waals surface area contributed by atoms with E-state index in [1.54, 1.807) is 7.05 Å². The first-order valence-corrected chi connectivity index (χ1v) is 5.63. The first-order valence-electron chi connectivity index (χ1n) is 5.63. The van der Waals surface area contributed by atoms with Gasteiger partial charge >= 0.3 is 0 Å². The van der Waals surface area contributed by atoms with Gasteiger partial charge in [-0.15, -0.1) is 0 Å². The predicted molar refractivity (Wildman–Crippen MR) is 59.7 cm³/mol. The molecule has 1 atom stereocenters. The molecule has 0 bridgehead atoms. The molecule has 1 aliphatic rings. The van der Waals surface area contributed by atoms with Gasteiger partial charge in [0.25, 0.3) is 5.91 Å². The Balaban J connectivity index is 2.82. The zero-order valence-corrected chi connectivity index (χ0v) is 10.1. The third-order valence-electron chi connectivity index (χ3n) is 2.84. The molecule has 16 heavy (non-hydrogen) atoms. The SMILES string of the molecule is CNC(=O)C1CCCCN1C(=O)C(C)(C)O. The number of nitrogens with zero attached hydrogens (tertiary/aromatic N) is 1. The first kappa shape index (κ1) is 13.0. The summed E-state index contributed by atoms with van der Waals surface area (Å²) in [5.41, 5.74) is -1.41. The summed E-state index contributed by atoms with van der Waals surface area (Å²) in [6.45, 7) is 3.44. The Labute approximate surface area is 95.8 Å². The van der Waals surface area contributed by atoms with Crippen molar-refractivity contribution in [2.24, 2.45) is 0 Å². The fourth-order valence-corrected chi connectivity index (χ4v) is 1.97. The molecular weight excluding hydrogens is 208 g/mol. The van der Waals surface area contributed by atoms with Crippen LogP contribution in [0.1, 0.15) is 33.1 Å². The predicted octanol–water partition coefficient (Wildman–Crippen LogP) is -0.116. The number of piperidine rings is 1. The second-order valence-electron chi connectivity index (χ2n) is 4.68. The molecule has 92 valence electrons. The number of hydrogen-bond donors (Lipinski definition) is 2. The quantitative estimate of drug-likeness (QED) is 0.692. The van der Waals surface area contributed by atoms with Crippen molar-refractivity contribution >= 4 is 11.8 Å². The van der Waals surface area contributed by atoms with Crippen LogP contribution in [0.3, 0.4) is 0 Å². The summed E-state index contributed by atoms with van der Waals surface area (Å²) < 4.78 is 0. The number of carbonyl (C=O) groups is 2. The molecule has 1 aliphatic heterocycles. The van der Waals surface area contributed by atoms with E-state index in [0.717, 1.165) is 12.8 Å². The topological polar surface area (TPSA) is 69.6 Å². The molecule has 0 aliphatic carbocycles. The highest BCUT2D eigenvalue weighted by atomic mass is 16.3. The number of amides is 2. The lowest BCUT2D eigenvalue weighted by atomic mass is 9.98. The molecule has 1 rings (SSSR count). The fourth-order valence-electron chi connectivity index (χ4n) is 1.97. The molecule has 0 saturated carbocycles. The summed E-state index contributed by atoms with van der Waals surface area (Å²) in [6.07, 6.45) is 2.49. The molecule has 0 spiro atoms. The van der Waals surface area contributed by atoms with E-state index >= 15 is 0 Å². The Hall–Kier alpha value is -1.10. The standard InChI is InChI=1S/C11H20N2O3/c1-11(2,16)10(15)13-7-5-4-6-8(13)9(14)12-3/h8,16H,4-7H2,1-3H3,(H,12,14). The van der Waals surface area contributed by atoms with Crippen molar-refractivity contribution in [3.8, 4) is 0 Å². The van der Waals surface area contributed by atoms with Gasteiger partial charge in [-0.3, -0.25) is 9.59 Å². The molecule has 1 saturated heterocycles. The van der Waals surface area contributed by atoms with E-state index in [0.29, 0.717) is 13.0 Å². The van der Waals surface area contributed by atoms with Crippen LogP contribution in [0.5, 0.6) is 0 Å². The van der Waals surface area contributed by atoms with Crippen LogP contribution in [-0.4, -0.2) is 47.1 Å². The minimum Gasteiger partial charge on any atom is -0.381 e. The van der Waals surface area contributed by atoms with E-state index in [9.17, 15) is 14.7 Å². The summed E-state index contributed by atoms with van der Waals surface area (Å²) in [7, 11) is 1.56. The molecule has 5 nitrogen and oxygen atoms in total. The minimum atomic E-state index is -1.41. The van der Waals surface area contributed by atoms with Gasteiger partial charge in [0.05, 0.1) is 0 Å². The highest BCUT2D eigenvalue weighted by Gasteiger charge is 2.37. The van der Waals surface area contributed by atoms with Crippen LogP contribution in [0, 0.1) is 0 Å². The average molecular weight is 228 g/mol. The Morgan fingerprint density at radius 1 is 1.38 bits per heavy atom. The van der Waals surface area contributed by atoms with Crippen molar-refractivity contribution < 1.29 is 14.7 Å². The maximum Gasteiger partial charge on any atom is 0.254 e. The molecule has 1 fully saturated rings. The number of nitrogens with one attached hydrogen (secondary N) is 1. The van der Waals surface area contributed by atoms with Crippen molar-refractivity contribution in [2.45, 2.75) is 44.8 Å². The third kappa shape index (κ3) is 2.72. The molecule has 2 N–H and O–H groups in total. The van der Waals surface area contributed by atoms with Gasteiger partial charge in [0.2, 0.25) is 5.91 Å². The number of aliphatic hydroxyl groups is 1. The summed E-state index contributed by atoms with van der Waals surface area (Å²) in [5.74, 6) is -0.530. The molecule has 0 radical (unpaired) electrons. The fraction of sp³-hybridized carbons (Fsp3) is 0.818. The largest absolute Gasteiger partial charge is 0.381 e. The van der Waals surface area contributed by atoms with Crippen LogP contribution in [0.25, 0.3) is 0 Å². The molecule has 0 aromatic heterocycles. The Kier molecular flexibility index (Phi) is 3.91. The zero-order valence-electron chi connectivity index (χ0n) is 10.1. The number of hydrogen-bond acceptors (Lipinski definition) is 3. The van der Waals surface area contributed by atoms with E-state index in [-0.39, 0.29) is 11.8 Å². The van der Waals surface area contributed by atoms with Crippen molar-refractivity contribution in [1.29, 1.82) is 0 Å². The molecule has 0 aromatic rings. The summed E-state index contributed by atoms with van der Waals surface area (Å²) in [5, 5.41) is 12.2. The van der Waals surface area contributed by atoms with Crippen LogP contribution in [0.4, 0.5) is 0 Å². The normalized spacial score (nSPS) is 21.8. The van der Waals surface area contributed by atoms with Crippen molar-refractivity contribution in [3.63, 3.8) is 0 Å². The molecule has 2 amide bonds. The Morgan fingerprint density at radius 2 is 2.00 bits per heavy atom. The lowest BCUT2D eigenvalue weighted by Gasteiger charge is -2.37. The Bertz CT molecular complexity index is 283. The van der Waals surface area contributed by atoms with Gasteiger partial charge < -0.3 is 15.3 Å². The second kappa shape index (κ2) is 4.82. The molecular formula is C11H20N2O3. The van der Waals surface area contributed by atoms with E-state index in [2.05, 4.69) is 5.32 Å². The highest BCUT2D eigenvalue weighted by Crippen LogP contribution is 2.20. The second-order valence-corrected chi connectivity index (χ2v) is 4.68. The summed E-state index contributed by atoms with van der Waals surface area (Å²) >= 11 is 0.